The molecule has 1 aromatic carbocycles. The Kier molecular flexibility index (Phi) is 3.40. The largest absolute Gasteiger partial charge is 0.481 e. The quantitative estimate of drug-likeness (QED) is 0.907. The lowest BCUT2D eigenvalue weighted by Gasteiger charge is -2.04. The normalized spacial score (nSPS) is 10.2. The van der Waals surface area contributed by atoms with E-state index in [2.05, 4.69) is 4.98 Å². The molecule has 0 saturated heterocycles. The van der Waals surface area contributed by atoms with E-state index >= 15 is 0 Å². The lowest BCUT2D eigenvalue weighted by Crippen LogP contribution is -2.01. The summed E-state index contributed by atoms with van der Waals surface area (Å²) in [6.45, 7) is 0. The zero-order chi connectivity index (χ0) is 12.3. The number of carbonyl (C=O) groups is 1. The summed E-state index contributed by atoms with van der Waals surface area (Å²) in [6.07, 6.45) is 1.57. The van der Waals surface area contributed by atoms with E-state index in [1.807, 2.05) is 30.3 Å². The van der Waals surface area contributed by atoms with Gasteiger partial charge in [0, 0.05) is 22.3 Å². The van der Waals surface area contributed by atoms with Gasteiger partial charge < -0.3 is 5.11 Å². The van der Waals surface area contributed by atoms with Crippen LogP contribution in [0.1, 0.15) is 5.69 Å². The van der Waals surface area contributed by atoms with Crippen LogP contribution in [-0.2, 0) is 11.2 Å². The number of nitrogens with zero attached hydrogens (tertiary/aromatic N) is 1. The molecule has 0 aliphatic carbocycles. The summed E-state index contributed by atoms with van der Waals surface area (Å²) in [5.74, 6) is -0.886. The summed E-state index contributed by atoms with van der Waals surface area (Å²) < 4.78 is 0. The van der Waals surface area contributed by atoms with E-state index in [0.717, 1.165) is 11.1 Å². The molecule has 3 nitrogen and oxygen atoms in total. The van der Waals surface area contributed by atoms with Crippen molar-refractivity contribution in [2.75, 3.05) is 0 Å². The first-order chi connectivity index (χ1) is 8.16. The number of carboxylic acid groups (broad SMARTS) is 1. The zero-order valence-corrected chi connectivity index (χ0v) is 9.69. The monoisotopic (exact) mass is 247 g/mol. The summed E-state index contributed by atoms with van der Waals surface area (Å²) in [7, 11) is 0. The third-order valence-electron chi connectivity index (χ3n) is 2.34. The number of carboxylic acids is 1. The zero-order valence-electron chi connectivity index (χ0n) is 8.93. The fraction of sp³-hybridized carbons (Fsp3) is 0.0769. The van der Waals surface area contributed by atoms with E-state index in [-0.39, 0.29) is 6.42 Å². The van der Waals surface area contributed by atoms with Crippen LogP contribution in [0.5, 0.6) is 0 Å². The van der Waals surface area contributed by atoms with Gasteiger partial charge in [0.15, 0.2) is 0 Å². The Bertz CT molecular complexity index is 537. The van der Waals surface area contributed by atoms with Crippen molar-refractivity contribution in [2.45, 2.75) is 6.42 Å². The molecule has 4 heteroatoms. The Morgan fingerprint density at radius 1 is 1.24 bits per heavy atom. The number of rotatable bonds is 3. The maximum Gasteiger partial charge on any atom is 0.309 e. The molecule has 0 atom stereocenters. The van der Waals surface area contributed by atoms with Crippen molar-refractivity contribution in [3.8, 4) is 11.1 Å². The minimum absolute atomic E-state index is 0.0667. The smallest absolute Gasteiger partial charge is 0.309 e. The van der Waals surface area contributed by atoms with Crippen LogP contribution >= 0.6 is 11.6 Å². The van der Waals surface area contributed by atoms with Gasteiger partial charge in [-0.25, -0.2) is 0 Å². The standard InChI is InChI=1S/C13H10ClNO2/c14-12-4-2-1-3-11(12)9-5-6-10(15-8-9)7-13(16)17/h1-6,8H,7H2,(H,16,17). The molecule has 0 radical (unpaired) electrons. The highest BCUT2D eigenvalue weighted by Gasteiger charge is 2.05. The molecule has 0 aliphatic rings. The van der Waals surface area contributed by atoms with Crippen molar-refractivity contribution in [3.05, 3.63) is 53.3 Å². The Labute approximate surface area is 104 Å². The molecule has 0 aliphatic heterocycles. The first kappa shape index (κ1) is 11.6. The summed E-state index contributed by atoms with van der Waals surface area (Å²) in [6, 6.07) is 11.0. The molecule has 0 bridgehead atoms. The second-order valence-electron chi connectivity index (χ2n) is 3.59. The average Bonchev–Trinajstić information content (AvgIpc) is 2.30. The molecule has 2 rings (SSSR count). The summed E-state index contributed by atoms with van der Waals surface area (Å²) >= 11 is 6.06. The van der Waals surface area contributed by atoms with Gasteiger partial charge in [0.2, 0.25) is 0 Å². The van der Waals surface area contributed by atoms with Crippen molar-refractivity contribution >= 4 is 17.6 Å². The SMILES string of the molecule is O=C(O)Cc1ccc(-c2ccccc2Cl)cn1. The van der Waals surface area contributed by atoms with Crippen molar-refractivity contribution in [2.24, 2.45) is 0 Å². The van der Waals surface area contributed by atoms with Gasteiger partial charge in [-0.2, -0.15) is 0 Å². The predicted octanol–water partition coefficient (Wildman–Crippen LogP) is 3.03. The number of aliphatic carboxylic acids is 1. The second kappa shape index (κ2) is 4.97. The van der Waals surface area contributed by atoms with Gasteiger partial charge in [-0.1, -0.05) is 35.9 Å². The van der Waals surface area contributed by atoms with Crippen molar-refractivity contribution in [1.29, 1.82) is 0 Å². The highest BCUT2D eigenvalue weighted by molar-refractivity contribution is 6.33. The van der Waals surface area contributed by atoms with Crippen LogP contribution in [0.4, 0.5) is 0 Å². The molecule has 1 aromatic heterocycles. The Hall–Kier alpha value is -1.87. The Balaban J connectivity index is 2.30. The van der Waals surface area contributed by atoms with Crippen LogP contribution < -0.4 is 0 Å². The number of benzene rings is 1. The molecule has 1 N–H and O–H groups in total. The molecule has 2 aromatic rings. The average molecular weight is 248 g/mol. The molecule has 0 unspecified atom stereocenters. The lowest BCUT2D eigenvalue weighted by atomic mass is 10.1. The van der Waals surface area contributed by atoms with E-state index in [1.54, 1.807) is 12.3 Å². The maximum absolute atomic E-state index is 10.5. The molecule has 17 heavy (non-hydrogen) atoms. The predicted molar refractivity (Wildman–Crippen MR) is 66.0 cm³/mol. The van der Waals surface area contributed by atoms with E-state index in [1.165, 1.54) is 0 Å². The second-order valence-corrected chi connectivity index (χ2v) is 4.00. The van der Waals surface area contributed by atoms with E-state index in [4.69, 9.17) is 16.7 Å². The van der Waals surface area contributed by atoms with Crippen LogP contribution in [0.2, 0.25) is 5.02 Å². The fourth-order valence-corrected chi connectivity index (χ4v) is 1.78. The number of hydrogen-bond acceptors (Lipinski definition) is 2. The Morgan fingerprint density at radius 2 is 2.00 bits per heavy atom. The van der Waals surface area contributed by atoms with Gasteiger partial charge in [0.05, 0.1) is 12.1 Å². The fourth-order valence-electron chi connectivity index (χ4n) is 1.54. The van der Waals surface area contributed by atoms with Crippen molar-refractivity contribution in [3.63, 3.8) is 0 Å². The molecule has 86 valence electrons. The highest BCUT2D eigenvalue weighted by Crippen LogP contribution is 2.26. The molecule has 0 saturated carbocycles. The molecular formula is C13H10ClNO2. The van der Waals surface area contributed by atoms with E-state index in [0.29, 0.717) is 10.7 Å². The van der Waals surface area contributed by atoms with Crippen molar-refractivity contribution in [1.82, 2.24) is 4.98 Å². The first-order valence-electron chi connectivity index (χ1n) is 5.08. The number of hydrogen-bond donors (Lipinski definition) is 1. The van der Waals surface area contributed by atoms with Gasteiger partial charge >= 0.3 is 5.97 Å². The molecular weight excluding hydrogens is 238 g/mol. The summed E-state index contributed by atoms with van der Waals surface area (Å²) in [5.41, 5.74) is 2.31. The van der Waals surface area contributed by atoms with E-state index in [9.17, 15) is 4.79 Å². The number of pyridine rings is 1. The third-order valence-corrected chi connectivity index (χ3v) is 2.67. The molecule has 1 heterocycles. The lowest BCUT2D eigenvalue weighted by molar-refractivity contribution is -0.136. The van der Waals surface area contributed by atoms with Crippen LogP contribution in [0, 0.1) is 0 Å². The van der Waals surface area contributed by atoms with Gasteiger partial charge in [0.1, 0.15) is 0 Å². The molecule has 0 spiro atoms. The van der Waals surface area contributed by atoms with Crippen LogP contribution in [0.25, 0.3) is 11.1 Å². The van der Waals surface area contributed by atoms with Gasteiger partial charge in [-0.15, -0.1) is 0 Å². The number of aromatic nitrogens is 1. The van der Waals surface area contributed by atoms with Crippen LogP contribution in [0.3, 0.4) is 0 Å². The van der Waals surface area contributed by atoms with Crippen LogP contribution in [-0.4, -0.2) is 16.1 Å². The van der Waals surface area contributed by atoms with Crippen molar-refractivity contribution < 1.29 is 9.90 Å². The summed E-state index contributed by atoms with van der Waals surface area (Å²) in [5, 5.41) is 9.29. The van der Waals surface area contributed by atoms with E-state index < -0.39 is 5.97 Å². The minimum atomic E-state index is -0.886. The summed E-state index contributed by atoms with van der Waals surface area (Å²) in [4.78, 5) is 14.6. The van der Waals surface area contributed by atoms with Gasteiger partial charge in [-0.3, -0.25) is 9.78 Å². The first-order valence-corrected chi connectivity index (χ1v) is 5.46. The number of halogens is 1. The Morgan fingerprint density at radius 3 is 2.59 bits per heavy atom. The maximum atomic E-state index is 10.5. The topological polar surface area (TPSA) is 50.2 Å². The molecule has 0 amide bonds. The van der Waals surface area contributed by atoms with Gasteiger partial charge in [-0.05, 0) is 12.1 Å². The van der Waals surface area contributed by atoms with Gasteiger partial charge in [0.25, 0.3) is 0 Å². The molecule has 0 fully saturated rings. The third kappa shape index (κ3) is 2.82. The minimum Gasteiger partial charge on any atom is -0.481 e. The van der Waals surface area contributed by atoms with Crippen LogP contribution in [0.15, 0.2) is 42.6 Å². The highest BCUT2D eigenvalue weighted by atomic mass is 35.5.